The number of ketones is 2. The second kappa shape index (κ2) is 4.20. The summed E-state index contributed by atoms with van der Waals surface area (Å²) in [6.07, 6.45) is 1.76. The second-order valence-corrected chi connectivity index (χ2v) is 3.91. The van der Waals surface area contributed by atoms with Gasteiger partial charge >= 0.3 is 5.97 Å². The van der Waals surface area contributed by atoms with Gasteiger partial charge in [0, 0.05) is 18.8 Å². The highest BCUT2D eigenvalue weighted by atomic mass is 16.4. The van der Waals surface area contributed by atoms with Crippen molar-refractivity contribution in [2.24, 2.45) is 0 Å². The molecule has 1 aromatic rings. The van der Waals surface area contributed by atoms with E-state index in [9.17, 15) is 24.3 Å². The largest absolute Gasteiger partial charge is 0.506 e. The minimum absolute atomic E-state index is 0.123. The van der Waals surface area contributed by atoms with Crippen molar-refractivity contribution in [3.63, 3.8) is 0 Å². The maximum atomic E-state index is 11.9. The van der Waals surface area contributed by atoms with E-state index in [4.69, 9.17) is 5.11 Å². The lowest BCUT2D eigenvalue weighted by Gasteiger charge is -2.18. The first-order valence-electron chi connectivity index (χ1n) is 5.38. The van der Waals surface area contributed by atoms with Gasteiger partial charge in [-0.3, -0.25) is 14.4 Å². The first-order valence-corrected chi connectivity index (χ1v) is 5.38. The van der Waals surface area contributed by atoms with Gasteiger partial charge in [0.1, 0.15) is 16.9 Å². The van der Waals surface area contributed by atoms with E-state index >= 15 is 0 Å². The number of Topliss-reactive ketones (excluding diaryl/α,β-unsaturated/α-hetero) is 1. The Labute approximate surface area is 106 Å². The van der Waals surface area contributed by atoms with Crippen molar-refractivity contribution in [2.75, 3.05) is 0 Å². The summed E-state index contributed by atoms with van der Waals surface area (Å²) in [5.41, 5.74) is -2.39. The van der Waals surface area contributed by atoms with E-state index in [0.717, 1.165) is 12.3 Å². The van der Waals surface area contributed by atoms with Gasteiger partial charge in [-0.2, -0.15) is 0 Å². The molecule has 0 saturated heterocycles. The smallest absolute Gasteiger partial charge is 0.341 e. The number of fused-ring (bicyclic) bond motifs is 1. The van der Waals surface area contributed by atoms with Gasteiger partial charge in [0.25, 0.3) is 0 Å². The monoisotopic (exact) mass is 263 g/mol. The van der Waals surface area contributed by atoms with E-state index in [1.807, 2.05) is 0 Å². The number of allylic oxidation sites excluding steroid dienone is 1. The van der Waals surface area contributed by atoms with Gasteiger partial charge in [-0.25, -0.2) is 4.79 Å². The molecule has 1 heterocycles. The molecule has 1 aromatic heterocycles. The highest BCUT2D eigenvalue weighted by Crippen LogP contribution is 2.21. The molecule has 0 saturated carbocycles. The second-order valence-electron chi connectivity index (χ2n) is 3.91. The third kappa shape index (κ3) is 1.75. The van der Waals surface area contributed by atoms with Crippen LogP contribution in [0, 0.1) is 0 Å². The first kappa shape index (κ1) is 12.7. The predicted molar refractivity (Wildman–Crippen MR) is 63.3 cm³/mol. The van der Waals surface area contributed by atoms with E-state index < -0.39 is 39.9 Å². The number of aliphatic hydroxyl groups excluding tert-OH is 1. The van der Waals surface area contributed by atoms with Crippen LogP contribution in [0.25, 0.3) is 5.76 Å². The number of carboxylic acids is 1. The molecule has 0 aliphatic heterocycles. The molecule has 0 fully saturated rings. The summed E-state index contributed by atoms with van der Waals surface area (Å²) in [5.74, 6) is -4.17. The number of nitrogens with zero attached hydrogens (tertiary/aromatic N) is 1. The van der Waals surface area contributed by atoms with Crippen LogP contribution < -0.4 is 5.43 Å². The molecule has 0 bridgehead atoms. The molecule has 0 amide bonds. The Kier molecular flexibility index (Phi) is 2.82. The fourth-order valence-electron chi connectivity index (χ4n) is 1.93. The topological polar surface area (TPSA) is 114 Å². The van der Waals surface area contributed by atoms with Crippen molar-refractivity contribution in [3.8, 4) is 0 Å². The van der Waals surface area contributed by atoms with Crippen molar-refractivity contribution in [1.82, 2.24) is 4.57 Å². The fraction of sp³-hybridized carbons (Fsp3) is 0.167. The van der Waals surface area contributed by atoms with Crippen molar-refractivity contribution >= 4 is 23.3 Å². The Morgan fingerprint density at radius 3 is 2.47 bits per heavy atom. The van der Waals surface area contributed by atoms with Crippen LogP contribution in [-0.4, -0.2) is 32.3 Å². The standard InChI is InChI=1S/C12H9NO6/c1-2-13-4-5(12(18)19)10(16)8-9(13)6(14)3-7(15)11(8)17/h3-4,14H,2H2,1H3,(H,18,19). The molecule has 1 aliphatic rings. The lowest BCUT2D eigenvalue weighted by Crippen LogP contribution is -2.33. The first-order chi connectivity index (χ1) is 8.88. The number of pyridine rings is 1. The van der Waals surface area contributed by atoms with Crippen LogP contribution in [0.4, 0.5) is 0 Å². The number of aliphatic hydroxyl groups is 1. The number of carbonyl (C=O) groups is 3. The van der Waals surface area contributed by atoms with Crippen LogP contribution in [0.3, 0.4) is 0 Å². The Morgan fingerprint density at radius 2 is 1.95 bits per heavy atom. The predicted octanol–water partition coefficient (Wildman–Crippen LogP) is 0.231. The summed E-state index contributed by atoms with van der Waals surface area (Å²) in [6, 6.07) is 0. The number of aromatic nitrogens is 1. The van der Waals surface area contributed by atoms with E-state index in [0.29, 0.717) is 0 Å². The zero-order valence-corrected chi connectivity index (χ0v) is 9.84. The van der Waals surface area contributed by atoms with Crippen LogP contribution in [-0.2, 0) is 11.3 Å². The summed E-state index contributed by atoms with van der Waals surface area (Å²) in [6.45, 7) is 1.87. The van der Waals surface area contributed by atoms with Gasteiger partial charge in [0.2, 0.25) is 17.0 Å². The zero-order chi connectivity index (χ0) is 14.3. The van der Waals surface area contributed by atoms with Gasteiger partial charge < -0.3 is 14.8 Å². The maximum absolute atomic E-state index is 11.9. The minimum atomic E-state index is -1.50. The Morgan fingerprint density at radius 1 is 1.32 bits per heavy atom. The molecule has 98 valence electrons. The van der Waals surface area contributed by atoms with Crippen molar-refractivity contribution in [1.29, 1.82) is 0 Å². The minimum Gasteiger partial charge on any atom is -0.506 e. The number of hydrogen-bond donors (Lipinski definition) is 2. The number of aryl methyl sites for hydroxylation is 1. The Hall–Kier alpha value is -2.70. The molecule has 19 heavy (non-hydrogen) atoms. The summed E-state index contributed by atoms with van der Waals surface area (Å²) in [5, 5.41) is 18.6. The normalized spacial score (nSPS) is 14.1. The van der Waals surface area contributed by atoms with E-state index in [1.54, 1.807) is 6.92 Å². The number of aromatic carboxylic acids is 1. The molecule has 0 aromatic carbocycles. The molecule has 0 spiro atoms. The van der Waals surface area contributed by atoms with Gasteiger partial charge in [-0.05, 0) is 6.92 Å². The van der Waals surface area contributed by atoms with Crippen molar-refractivity contribution < 1.29 is 24.6 Å². The summed E-state index contributed by atoms with van der Waals surface area (Å²) < 4.78 is 1.25. The lowest BCUT2D eigenvalue weighted by atomic mass is 9.95. The van der Waals surface area contributed by atoms with Crippen LogP contribution >= 0.6 is 0 Å². The van der Waals surface area contributed by atoms with E-state index in [-0.39, 0.29) is 12.2 Å². The van der Waals surface area contributed by atoms with Gasteiger partial charge in [0.05, 0.1) is 5.69 Å². The molecular formula is C12H9NO6. The summed E-state index contributed by atoms with van der Waals surface area (Å²) in [7, 11) is 0. The molecular weight excluding hydrogens is 254 g/mol. The molecule has 2 N–H and O–H groups in total. The SMILES string of the molecule is CCn1cc(C(=O)O)c(=O)c2c1C(O)=CC(=O)C2=O. The third-order valence-electron chi connectivity index (χ3n) is 2.81. The van der Waals surface area contributed by atoms with E-state index in [1.165, 1.54) is 4.57 Å². The quantitative estimate of drug-likeness (QED) is 0.738. The van der Waals surface area contributed by atoms with Crippen LogP contribution in [0.5, 0.6) is 0 Å². The fourth-order valence-corrected chi connectivity index (χ4v) is 1.93. The maximum Gasteiger partial charge on any atom is 0.341 e. The number of rotatable bonds is 2. The molecule has 7 heteroatoms. The molecule has 0 radical (unpaired) electrons. The molecule has 0 atom stereocenters. The number of hydrogen-bond acceptors (Lipinski definition) is 5. The summed E-state index contributed by atoms with van der Waals surface area (Å²) >= 11 is 0. The number of carboxylic acid groups (broad SMARTS) is 1. The summed E-state index contributed by atoms with van der Waals surface area (Å²) in [4.78, 5) is 45.9. The number of carbonyl (C=O) groups excluding carboxylic acids is 2. The van der Waals surface area contributed by atoms with Crippen molar-refractivity contribution in [3.05, 3.63) is 39.3 Å². The molecule has 1 aliphatic carbocycles. The lowest BCUT2D eigenvalue weighted by molar-refractivity contribution is -0.111. The molecule has 7 nitrogen and oxygen atoms in total. The Balaban J connectivity index is 2.95. The zero-order valence-electron chi connectivity index (χ0n) is 9.84. The van der Waals surface area contributed by atoms with Gasteiger partial charge in [-0.15, -0.1) is 0 Å². The van der Waals surface area contributed by atoms with Crippen LogP contribution in [0.2, 0.25) is 0 Å². The van der Waals surface area contributed by atoms with Gasteiger partial charge in [-0.1, -0.05) is 0 Å². The molecule has 0 unspecified atom stereocenters. The van der Waals surface area contributed by atoms with Crippen LogP contribution in [0.1, 0.15) is 33.3 Å². The van der Waals surface area contributed by atoms with Crippen LogP contribution in [0.15, 0.2) is 17.1 Å². The van der Waals surface area contributed by atoms with E-state index in [2.05, 4.69) is 0 Å². The average Bonchev–Trinajstić information content (AvgIpc) is 2.35. The highest BCUT2D eigenvalue weighted by molar-refractivity contribution is 6.50. The average molecular weight is 263 g/mol. The Bertz CT molecular complexity index is 710. The van der Waals surface area contributed by atoms with Gasteiger partial charge in [0.15, 0.2) is 0 Å². The molecule has 2 rings (SSSR count). The van der Waals surface area contributed by atoms with Crippen molar-refractivity contribution in [2.45, 2.75) is 13.5 Å². The highest BCUT2D eigenvalue weighted by Gasteiger charge is 2.32. The third-order valence-corrected chi connectivity index (χ3v) is 2.81.